The Bertz CT molecular complexity index is 956. The second kappa shape index (κ2) is 7.32. The topological polar surface area (TPSA) is 97.3 Å². The van der Waals surface area contributed by atoms with Crippen LogP contribution in [0.1, 0.15) is 28.9 Å². The van der Waals surface area contributed by atoms with Crippen LogP contribution in [0.3, 0.4) is 0 Å². The highest BCUT2D eigenvalue weighted by molar-refractivity contribution is 5.92. The van der Waals surface area contributed by atoms with Crippen molar-refractivity contribution in [3.63, 3.8) is 0 Å². The van der Waals surface area contributed by atoms with E-state index in [1.807, 2.05) is 0 Å². The number of hydrogen-bond acceptors (Lipinski definition) is 6. The van der Waals surface area contributed by atoms with Crippen LogP contribution in [0, 0.1) is 5.82 Å². The van der Waals surface area contributed by atoms with Crippen molar-refractivity contribution in [2.75, 3.05) is 18.4 Å². The Morgan fingerprint density at radius 1 is 1.37 bits per heavy atom. The summed E-state index contributed by atoms with van der Waals surface area (Å²) in [6.45, 7) is 1.64. The number of likely N-dealkylation sites (tertiary alicyclic amines) is 1. The van der Waals surface area contributed by atoms with Gasteiger partial charge in [-0.2, -0.15) is 0 Å². The number of hydrogen-bond donors (Lipinski definition) is 2. The monoisotopic (exact) mass is 369 g/mol. The lowest BCUT2D eigenvalue weighted by Crippen LogP contribution is -2.45. The van der Waals surface area contributed by atoms with Gasteiger partial charge in [0.05, 0.1) is 18.7 Å². The third-order valence-electron chi connectivity index (χ3n) is 4.69. The van der Waals surface area contributed by atoms with Gasteiger partial charge in [0.25, 0.3) is 5.91 Å². The second-order valence-corrected chi connectivity index (χ2v) is 6.70. The largest absolute Gasteiger partial charge is 0.464 e. The number of halogens is 1. The number of furan rings is 1. The third-order valence-corrected chi connectivity index (χ3v) is 4.69. The Balaban J connectivity index is 1.41. The Morgan fingerprint density at radius 3 is 3.04 bits per heavy atom. The van der Waals surface area contributed by atoms with Crippen molar-refractivity contribution in [1.29, 1.82) is 0 Å². The molecule has 27 heavy (non-hydrogen) atoms. The van der Waals surface area contributed by atoms with Crippen LogP contribution >= 0.6 is 0 Å². The molecule has 8 heteroatoms. The molecular weight excluding hydrogens is 349 g/mol. The zero-order valence-corrected chi connectivity index (χ0v) is 14.7. The van der Waals surface area contributed by atoms with Crippen LogP contribution in [0.5, 0.6) is 0 Å². The summed E-state index contributed by atoms with van der Waals surface area (Å²) in [4.78, 5) is 22.7. The molecule has 1 atom stereocenters. The lowest BCUT2D eigenvalue weighted by Gasteiger charge is -2.30. The van der Waals surface area contributed by atoms with Gasteiger partial charge in [-0.3, -0.25) is 4.79 Å². The SMILES string of the molecule is NC1CCCN(C(=O)c2cnc(NCc3coc4ccc(F)cc34)cn2)C1. The third kappa shape index (κ3) is 3.75. The molecule has 1 saturated heterocycles. The first-order valence-corrected chi connectivity index (χ1v) is 8.86. The Labute approximate surface area is 155 Å². The average Bonchev–Trinajstić information content (AvgIpc) is 3.08. The predicted molar refractivity (Wildman–Crippen MR) is 98.6 cm³/mol. The van der Waals surface area contributed by atoms with Gasteiger partial charge < -0.3 is 20.4 Å². The molecule has 0 saturated carbocycles. The van der Waals surface area contributed by atoms with Gasteiger partial charge in [0.2, 0.25) is 0 Å². The van der Waals surface area contributed by atoms with E-state index < -0.39 is 0 Å². The molecule has 7 nitrogen and oxygen atoms in total. The maximum atomic E-state index is 13.4. The van der Waals surface area contributed by atoms with E-state index in [0.717, 1.165) is 18.4 Å². The Kier molecular flexibility index (Phi) is 4.72. The molecule has 1 aromatic carbocycles. The number of nitrogens with zero attached hydrogens (tertiary/aromatic N) is 3. The molecular formula is C19H20FN5O2. The number of piperidine rings is 1. The van der Waals surface area contributed by atoms with Crippen LogP contribution in [0.25, 0.3) is 11.0 Å². The van der Waals surface area contributed by atoms with Gasteiger partial charge in [0.1, 0.15) is 22.9 Å². The molecule has 1 aliphatic rings. The second-order valence-electron chi connectivity index (χ2n) is 6.70. The molecule has 3 heterocycles. The quantitative estimate of drug-likeness (QED) is 0.733. The normalized spacial score (nSPS) is 17.3. The first kappa shape index (κ1) is 17.4. The first-order valence-electron chi connectivity index (χ1n) is 8.86. The fraction of sp³-hybridized carbons (Fsp3) is 0.316. The van der Waals surface area contributed by atoms with E-state index >= 15 is 0 Å². The summed E-state index contributed by atoms with van der Waals surface area (Å²) in [7, 11) is 0. The molecule has 4 rings (SSSR count). The van der Waals surface area contributed by atoms with E-state index in [0.29, 0.717) is 42.1 Å². The van der Waals surface area contributed by atoms with Crippen LogP contribution in [0.2, 0.25) is 0 Å². The van der Waals surface area contributed by atoms with Gasteiger partial charge in [-0.05, 0) is 31.0 Å². The number of anilines is 1. The number of rotatable bonds is 4. The van der Waals surface area contributed by atoms with E-state index in [-0.39, 0.29) is 17.8 Å². The summed E-state index contributed by atoms with van der Waals surface area (Å²) in [5, 5.41) is 3.82. The molecule has 0 aliphatic carbocycles. The molecule has 1 aliphatic heterocycles. The summed E-state index contributed by atoms with van der Waals surface area (Å²) in [6, 6.07) is 4.42. The van der Waals surface area contributed by atoms with E-state index in [2.05, 4.69) is 15.3 Å². The van der Waals surface area contributed by atoms with Gasteiger partial charge in [-0.1, -0.05) is 0 Å². The van der Waals surface area contributed by atoms with Gasteiger partial charge in [-0.25, -0.2) is 14.4 Å². The minimum atomic E-state index is -0.315. The number of benzene rings is 1. The summed E-state index contributed by atoms with van der Waals surface area (Å²) < 4.78 is 18.8. The highest BCUT2D eigenvalue weighted by Crippen LogP contribution is 2.22. The molecule has 1 fully saturated rings. The number of amides is 1. The number of nitrogens with two attached hydrogens (primary N) is 1. The summed E-state index contributed by atoms with van der Waals surface area (Å²) in [5.74, 6) is 0.0541. The minimum absolute atomic E-state index is 0.0196. The van der Waals surface area contributed by atoms with Gasteiger partial charge >= 0.3 is 0 Å². The van der Waals surface area contributed by atoms with E-state index in [1.165, 1.54) is 24.5 Å². The molecule has 0 spiro atoms. The van der Waals surface area contributed by atoms with Crippen molar-refractivity contribution in [3.8, 4) is 0 Å². The summed E-state index contributed by atoms with van der Waals surface area (Å²) in [5.41, 5.74) is 7.66. The van der Waals surface area contributed by atoms with Crippen LogP contribution in [-0.4, -0.2) is 39.9 Å². The minimum Gasteiger partial charge on any atom is -0.464 e. The summed E-state index contributed by atoms with van der Waals surface area (Å²) in [6.07, 6.45) is 6.39. The van der Waals surface area contributed by atoms with Gasteiger partial charge in [-0.15, -0.1) is 0 Å². The molecule has 3 aromatic rings. The van der Waals surface area contributed by atoms with E-state index in [9.17, 15) is 9.18 Å². The molecule has 140 valence electrons. The molecule has 0 bridgehead atoms. The number of carbonyl (C=O) groups excluding carboxylic acids is 1. The van der Waals surface area contributed by atoms with Crippen LogP contribution in [0.15, 0.2) is 41.3 Å². The molecule has 0 radical (unpaired) electrons. The highest BCUT2D eigenvalue weighted by Gasteiger charge is 2.23. The number of nitrogens with one attached hydrogen (secondary N) is 1. The van der Waals surface area contributed by atoms with Crippen molar-refractivity contribution >= 4 is 22.7 Å². The number of aromatic nitrogens is 2. The summed E-state index contributed by atoms with van der Waals surface area (Å²) >= 11 is 0. The maximum Gasteiger partial charge on any atom is 0.274 e. The standard InChI is InChI=1S/C19H20FN5O2/c20-13-3-4-17-15(6-13)12(11-27-17)7-23-18-9-22-16(8-24-18)19(26)25-5-1-2-14(21)10-25/h3-4,6,8-9,11,14H,1-2,5,7,10,21H2,(H,23,24). The molecule has 1 unspecified atom stereocenters. The van der Waals surface area contributed by atoms with Gasteiger partial charge in [0.15, 0.2) is 0 Å². The fourth-order valence-corrected chi connectivity index (χ4v) is 3.26. The van der Waals surface area contributed by atoms with Crippen LogP contribution in [0.4, 0.5) is 10.2 Å². The maximum absolute atomic E-state index is 13.4. The van der Waals surface area contributed by atoms with Crippen molar-refractivity contribution in [1.82, 2.24) is 14.9 Å². The number of carbonyl (C=O) groups is 1. The van der Waals surface area contributed by atoms with Crippen molar-refractivity contribution in [2.24, 2.45) is 5.73 Å². The van der Waals surface area contributed by atoms with Crippen molar-refractivity contribution in [3.05, 3.63) is 53.9 Å². The fourth-order valence-electron chi connectivity index (χ4n) is 3.26. The zero-order valence-electron chi connectivity index (χ0n) is 14.7. The van der Waals surface area contributed by atoms with Gasteiger partial charge in [0, 0.05) is 36.6 Å². The zero-order chi connectivity index (χ0) is 18.8. The van der Waals surface area contributed by atoms with Crippen molar-refractivity contribution in [2.45, 2.75) is 25.4 Å². The first-order chi connectivity index (χ1) is 13.1. The van der Waals surface area contributed by atoms with Crippen LogP contribution < -0.4 is 11.1 Å². The average molecular weight is 369 g/mol. The van der Waals surface area contributed by atoms with E-state index in [4.69, 9.17) is 10.2 Å². The lowest BCUT2D eigenvalue weighted by molar-refractivity contribution is 0.0702. The molecule has 2 aromatic heterocycles. The Morgan fingerprint density at radius 2 is 2.26 bits per heavy atom. The highest BCUT2D eigenvalue weighted by atomic mass is 19.1. The van der Waals surface area contributed by atoms with Crippen LogP contribution in [-0.2, 0) is 6.54 Å². The predicted octanol–water partition coefficient (Wildman–Crippen LogP) is 2.54. The molecule has 3 N–H and O–H groups in total. The smallest absolute Gasteiger partial charge is 0.274 e. The lowest BCUT2D eigenvalue weighted by atomic mass is 10.1. The Hall–Kier alpha value is -3.00. The van der Waals surface area contributed by atoms with Crippen molar-refractivity contribution < 1.29 is 13.6 Å². The van der Waals surface area contributed by atoms with E-state index in [1.54, 1.807) is 17.2 Å². The molecule has 1 amide bonds. The number of fused-ring (bicyclic) bond motifs is 1.